The van der Waals surface area contributed by atoms with Crippen molar-refractivity contribution in [1.29, 1.82) is 0 Å². The first-order chi connectivity index (χ1) is 11.0. The van der Waals surface area contributed by atoms with Gasteiger partial charge in [0, 0.05) is 31.1 Å². The highest BCUT2D eigenvalue weighted by molar-refractivity contribution is 7.92. The molecule has 23 heavy (non-hydrogen) atoms. The molecule has 0 saturated carbocycles. The minimum absolute atomic E-state index is 0.110. The molecule has 0 unspecified atom stereocenters. The van der Waals surface area contributed by atoms with Crippen LogP contribution in [-0.4, -0.2) is 23.2 Å². The third-order valence-electron chi connectivity index (χ3n) is 3.48. The number of aryl methyl sites for hydroxylation is 2. The number of nitrogens with zero attached hydrogens (tertiary/aromatic N) is 3. The zero-order valence-electron chi connectivity index (χ0n) is 12.8. The van der Waals surface area contributed by atoms with Gasteiger partial charge in [0.25, 0.3) is 10.0 Å². The van der Waals surface area contributed by atoms with Crippen molar-refractivity contribution in [2.24, 2.45) is 7.05 Å². The SMILES string of the molecule is Cc1ccccc1-c1cc(NS(=O)(=O)c2cccnc2)n(C)n1. The lowest BCUT2D eigenvalue weighted by Gasteiger charge is -2.06. The summed E-state index contributed by atoms with van der Waals surface area (Å²) in [5, 5.41) is 4.39. The van der Waals surface area contributed by atoms with E-state index in [1.807, 2.05) is 31.2 Å². The van der Waals surface area contributed by atoms with Gasteiger partial charge in [-0.05, 0) is 24.6 Å². The zero-order valence-corrected chi connectivity index (χ0v) is 13.6. The van der Waals surface area contributed by atoms with Crippen molar-refractivity contribution in [1.82, 2.24) is 14.8 Å². The van der Waals surface area contributed by atoms with Gasteiger partial charge in [0.05, 0.1) is 5.69 Å². The first kappa shape index (κ1) is 15.2. The number of rotatable bonds is 4. The predicted octanol–water partition coefficient (Wildman–Crippen LogP) is 2.59. The van der Waals surface area contributed by atoms with Crippen molar-refractivity contribution in [3.05, 3.63) is 60.4 Å². The molecule has 0 radical (unpaired) electrons. The monoisotopic (exact) mass is 328 g/mol. The second-order valence-electron chi connectivity index (χ2n) is 5.15. The number of hydrogen-bond acceptors (Lipinski definition) is 4. The molecule has 0 aliphatic rings. The van der Waals surface area contributed by atoms with Crippen molar-refractivity contribution in [3.8, 4) is 11.3 Å². The molecule has 3 aromatic rings. The Bertz CT molecular complexity index is 934. The Morgan fingerprint density at radius 2 is 1.91 bits per heavy atom. The van der Waals surface area contributed by atoms with Crippen LogP contribution in [0, 0.1) is 6.92 Å². The van der Waals surface area contributed by atoms with Gasteiger partial charge >= 0.3 is 0 Å². The summed E-state index contributed by atoms with van der Waals surface area (Å²) in [6, 6.07) is 12.6. The quantitative estimate of drug-likeness (QED) is 0.798. The van der Waals surface area contributed by atoms with Gasteiger partial charge in [0.1, 0.15) is 10.7 Å². The van der Waals surface area contributed by atoms with Gasteiger partial charge in [-0.15, -0.1) is 0 Å². The highest BCUT2D eigenvalue weighted by Gasteiger charge is 2.17. The molecule has 0 spiro atoms. The number of anilines is 1. The molecule has 0 aliphatic carbocycles. The molecule has 2 aromatic heterocycles. The zero-order chi connectivity index (χ0) is 16.4. The lowest BCUT2D eigenvalue weighted by atomic mass is 10.1. The van der Waals surface area contributed by atoms with Gasteiger partial charge in [-0.2, -0.15) is 5.10 Å². The summed E-state index contributed by atoms with van der Waals surface area (Å²) in [6.45, 7) is 1.99. The predicted molar refractivity (Wildman–Crippen MR) is 88.4 cm³/mol. The molecule has 118 valence electrons. The molecular formula is C16H16N4O2S. The molecule has 0 aliphatic heterocycles. The van der Waals surface area contributed by atoms with Crippen molar-refractivity contribution < 1.29 is 8.42 Å². The summed E-state index contributed by atoms with van der Waals surface area (Å²) < 4.78 is 28.8. The topological polar surface area (TPSA) is 76.9 Å². The maximum atomic E-state index is 12.4. The fraction of sp³-hybridized carbons (Fsp3) is 0.125. The van der Waals surface area contributed by atoms with Crippen LogP contribution in [0.4, 0.5) is 5.82 Å². The van der Waals surface area contributed by atoms with Crippen molar-refractivity contribution in [2.75, 3.05) is 4.72 Å². The van der Waals surface area contributed by atoms with Crippen molar-refractivity contribution >= 4 is 15.8 Å². The van der Waals surface area contributed by atoms with Crippen LogP contribution >= 0.6 is 0 Å². The Morgan fingerprint density at radius 1 is 1.13 bits per heavy atom. The van der Waals surface area contributed by atoms with E-state index in [1.165, 1.54) is 23.1 Å². The molecule has 3 rings (SSSR count). The maximum absolute atomic E-state index is 12.4. The van der Waals surface area contributed by atoms with Gasteiger partial charge in [-0.1, -0.05) is 24.3 Å². The fourth-order valence-electron chi connectivity index (χ4n) is 2.26. The van der Waals surface area contributed by atoms with Crippen LogP contribution in [0.25, 0.3) is 11.3 Å². The number of sulfonamides is 1. The van der Waals surface area contributed by atoms with Gasteiger partial charge in [0.15, 0.2) is 0 Å². The molecule has 1 N–H and O–H groups in total. The van der Waals surface area contributed by atoms with E-state index in [-0.39, 0.29) is 4.90 Å². The molecule has 6 nitrogen and oxygen atoms in total. The fourth-order valence-corrected chi connectivity index (χ4v) is 3.30. The average Bonchev–Trinajstić information content (AvgIpc) is 2.89. The molecule has 7 heteroatoms. The average molecular weight is 328 g/mol. The molecule has 0 atom stereocenters. The summed E-state index contributed by atoms with van der Waals surface area (Å²) in [6.07, 6.45) is 2.83. The van der Waals surface area contributed by atoms with Crippen LogP contribution < -0.4 is 4.72 Å². The molecule has 1 aromatic carbocycles. The van der Waals surface area contributed by atoms with Crippen LogP contribution in [0.2, 0.25) is 0 Å². The van der Waals surface area contributed by atoms with Gasteiger partial charge in [-0.25, -0.2) is 8.42 Å². The Morgan fingerprint density at radius 3 is 2.61 bits per heavy atom. The summed E-state index contributed by atoms with van der Waals surface area (Å²) in [7, 11) is -1.99. The molecule has 0 amide bonds. The molecule has 0 bridgehead atoms. The number of aromatic nitrogens is 3. The Hall–Kier alpha value is -2.67. The number of nitrogens with one attached hydrogen (secondary N) is 1. The van der Waals surface area contributed by atoms with E-state index in [0.29, 0.717) is 5.82 Å². The summed E-state index contributed by atoms with van der Waals surface area (Å²) in [5.74, 6) is 0.395. The van der Waals surface area contributed by atoms with Gasteiger partial charge in [-0.3, -0.25) is 14.4 Å². The Labute approximate surface area is 134 Å². The second kappa shape index (κ2) is 5.85. The first-order valence-corrected chi connectivity index (χ1v) is 8.48. The Balaban J connectivity index is 1.95. The first-order valence-electron chi connectivity index (χ1n) is 7.00. The highest BCUT2D eigenvalue weighted by atomic mass is 32.2. The minimum atomic E-state index is -3.69. The number of benzene rings is 1. The van der Waals surface area contributed by atoms with Crippen LogP contribution in [0.3, 0.4) is 0 Å². The van der Waals surface area contributed by atoms with E-state index in [9.17, 15) is 8.42 Å². The number of pyridine rings is 1. The standard InChI is InChI=1S/C16H16N4O2S/c1-12-6-3-4-8-14(12)15-10-16(20(2)18-15)19-23(21,22)13-7-5-9-17-11-13/h3-11,19H,1-2H3. The van der Waals surface area contributed by atoms with Gasteiger partial charge in [0.2, 0.25) is 0 Å². The van der Waals surface area contributed by atoms with Gasteiger partial charge < -0.3 is 0 Å². The maximum Gasteiger partial charge on any atom is 0.264 e. The lowest BCUT2D eigenvalue weighted by molar-refractivity contribution is 0.600. The summed E-state index contributed by atoms with van der Waals surface area (Å²) in [5.41, 5.74) is 2.76. The minimum Gasteiger partial charge on any atom is -0.264 e. The third kappa shape index (κ3) is 3.09. The van der Waals surface area contributed by atoms with Crippen molar-refractivity contribution in [2.45, 2.75) is 11.8 Å². The third-order valence-corrected chi connectivity index (χ3v) is 4.82. The van der Waals surface area contributed by atoms with Crippen LogP contribution in [0.5, 0.6) is 0 Å². The normalized spacial score (nSPS) is 11.4. The molecular weight excluding hydrogens is 312 g/mol. The number of hydrogen-bond donors (Lipinski definition) is 1. The second-order valence-corrected chi connectivity index (χ2v) is 6.83. The van der Waals surface area contributed by atoms with E-state index in [2.05, 4.69) is 14.8 Å². The summed E-state index contributed by atoms with van der Waals surface area (Å²) in [4.78, 5) is 3.95. The smallest absolute Gasteiger partial charge is 0.264 e. The lowest BCUT2D eigenvalue weighted by Crippen LogP contribution is -2.15. The molecule has 0 fully saturated rings. The van der Waals surface area contributed by atoms with E-state index in [4.69, 9.17) is 0 Å². The summed E-state index contributed by atoms with van der Waals surface area (Å²) >= 11 is 0. The van der Waals surface area contributed by atoms with Crippen LogP contribution in [0.15, 0.2) is 59.8 Å². The van der Waals surface area contributed by atoms with Crippen LogP contribution in [-0.2, 0) is 17.1 Å². The van der Waals surface area contributed by atoms with Crippen molar-refractivity contribution in [3.63, 3.8) is 0 Å². The van der Waals surface area contributed by atoms with E-state index >= 15 is 0 Å². The molecule has 2 heterocycles. The highest BCUT2D eigenvalue weighted by Crippen LogP contribution is 2.25. The Kier molecular flexibility index (Phi) is 3.87. The van der Waals surface area contributed by atoms with Crippen LogP contribution in [0.1, 0.15) is 5.56 Å². The molecule has 0 saturated heterocycles. The van der Waals surface area contributed by atoms with E-state index in [0.717, 1.165) is 16.8 Å². The van der Waals surface area contributed by atoms with E-state index < -0.39 is 10.0 Å². The largest absolute Gasteiger partial charge is 0.264 e. The van der Waals surface area contributed by atoms with E-state index in [1.54, 1.807) is 19.2 Å².